The normalized spacial score (nSPS) is 16.9. The smallest absolute Gasteiger partial charge is 0.265 e. The van der Waals surface area contributed by atoms with Gasteiger partial charge in [0.25, 0.3) is 21.8 Å². The number of anilines is 1. The van der Waals surface area contributed by atoms with Crippen LogP contribution >= 0.6 is 0 Å². The molecule has 0 radical (unpaired) electrons. The van der Waals surface area contributed by atoms with E-state index in [1.54, 1.807) is 42.5 Å². The second kappa shape index (κ2) is 5.90. The van der Waals surface area contributed by atoms with E-state index in [0.717, 1.165) is 10.8 Å². The van der Waals surface area contributed by atoms with Crippen molar-refractivity contribution in [2.24, 2.45) is 0 Å². The maximum absolute atomic E-state index is 13.0. The number of carbonyl (C=O) groups excluding carboxylic acids is 2. The van der Waals surface area contributed by atoms with Crippen LogP contribution in [0.1, 0.15) is 27.1 Å². The highest BCUT2D eigenvalue weighted by atomic mass is 32.2. The van der Waals surface area contributed by atoms with Crippen molar-refractivity contribution in [1.82, 2.24) is 4.90 Å². The van der Waals surface area contributed by atoms with Crippen molar-refractivity contribution in [1.29, 1.82) is 0 Å². The third-order valence-corrected chi connectivity index (χ3v) is 7.16. The van der Waals surface area contributed by atoms with E-state index in [1.807, 2.05) is 18.2 Å². The van der Waals surface area contributed by atoms with Crippen molar-refractivity contribution >= 4 is 38.3 Å². The molecule has 140 valence electrons. The molecule has 0 saturated heterocycles. The molecule has 0 atom stereocenters. The first kappa shape index (κ1) is 16.9. The molecule has 6 nitrogen and oxygen atoms in total. The average Bonchev–Trinajstić information content (AvgIpc) is 3.07. The number of carbonyl (C=O) groups is 2. The number of sulfonamides is 1. The second-order valence-corrected chi connectivity index (χ2v) is 8.70. The van der Waals surface area contributed by atoms with Gasteiger partial charge in [0.2, 0.25) is 0 Å². The van der Waals surface area contributed by atoms with Crippen molar-refractivity contribution in [3.63, 3.8) is 0 Å². The summed E-state index contributed by atoms with van der Waals surface area (Å²) in [6.07, 6.45) is 0.356. The van der Waals surface area contributed by atoms with Crippen molar-refractivity contribution in [2.75, 3.05) is 17.4 Å². The summed E-state index contributed by atoms with van der Waals surface area (Å²) in [5.74, 6) is -0.648. The number of amides is 2. The molecule has 3 aromatic carbocycles. The maximum Gasteiger partial charge on any atom is 0.265 e. The monoisotopic (exact) mass is 392 g/mol. The second-order valence-electron chi connectivity index (χ2n) is 6.87. The van der Waals surface area contributed by atoms with Crippen LogP contribution in [-0.2, 0) is 10.0 Å². The maximum atomic E-state index is 13.0. The first-order chi connectivity index (χ1) is 13.5. The average molecular weight is 392 g/mol. The molecule has 0 aromatic heterocycles. The van der Waals surface area contributed by atoms with E-state index in [1.165, 1.54) is 9.21 Å². The fourth-order valence-electron chi connectivity index (χ4n) is 4.01. The van der Waals surface area contributed by atoms with Crippen molar-refractivity contribution < 1.29 is 18.0 Å². The standard InChI is InChI=1S/C21H16N2O4S/c24-20-15-8-1-2-9-16(15)21(25)22(20)12-5-13-23-17-10-3-6-14-7-4-11-18(19(14)17)28(23,26)27/h1-4,6-11H,5,12-13H2. The molecule has 7 heteroatoms. The summed E-state index contributed by atoms with van der Waals surface area (Å²) in [4.78, 5) is 26.4. The highest BCUT2D eigenvalue weighted by molar-refractivity contribution is 7.93. The Hall–Kier alpha value is -3.19. The van der Waals surface area contributed by atoms with Crippen LogP contribution in [0.5, 0.6) is 0 Å². The third kappa shape index (κ3) is 2.23. The lowest BCUT2D eigenvalue weighted by atomic mass is 10.1. The molecule has 0 bridgehead atoms. The largest absolute Gasteiger partial charge is 0.274 e. The van der Waals surface area contributed by atoms with E-state index in [0.29, 0.717) is 28.1 Å². The van der Waals surface area contributed by atoms with Crippen LogP contribution < -0.4 is 4.31 Å². The fourth-order valence-corrected chi connectivity index (χ4v) is 5.76. The molecular formula is C21H16N2O4S. The quantitative estimate of drug-likeness (QED) is 0.640. The predicted molar refractivity (Wildman–Crippen MR) is 105 cm³/mol. The lowest BCUT2D eigenvalue weighted by molar-refractivity contribution is 0.0653. The summed E-state index contributed by atoms with van der Waals surface area (Å²) in [5.41, 5.74) is 1.45. The lowest BCUT2D eigenvalue weighted by Crippen LogP contribution is -2.34. The van der Waals surface area contributed by atoms with Crippen LogP contribution in [0.2, 0.25) is 0 Å². The van der Waals surface area contributed by atoms with Gasteiger partial charge >= 0.3 is 0 Å². The summed E-state index contributed by atoms with van der Waals surface area (Å²) in [6.45, 7) is 0.369. The number of hydrogen-bond donors (Lipinski definition) is 0. The molecule has 2 aliphatic heterocycles. The molecule has 0 saturated carbocycles. The van der Waals surface area contributed by atoms with E-state index in [-0.39, 0.29) is 24.9 Å². The van der Waals surface area contributed by atoms with Gasteiger partial charge in [-0.1, -0.05) is 36.4 Å². The molecule has 0 aliphatic carbocycles. The van der Waals surface area contributed by atoms with Crippen LogP contribution in [0.4, 0.5) is 5.69 Å². The Morgan fingerprint density at radius 3 is 2.07 bits per heavy atom. The highest BCUT2D eigenvalue weighted by Gasteiger charge is 2.37. The van der Waals surface area contributed by atoms with Gasteiger partial charge in [0.05, 0.1) is 21.7 Å². The van der Waals surface area contributed by atoms with Gasteiger partial charge < -0.3 is 0 Å². The van der Waals surface area contributed by atoms with Crippen LogP contribution in [0.25, 0.3) is 10.8 Å². The number of hydrogen-bond acceptors (Lipinski definition) is 4. The Kier molecular flexibility index (Phi) is 3.57. The van der Waals surface area contributed by atoms with E-state index < -0.39 is 10.0 Å². The molecule has 2 amide bonds. The van der Waals surface area contributed by atoms with Gasteiger partial charge in [0.15, 0.2) is 0 Å². The zero-order chi connectivity index (χ0) is 19.5. The highest BCUT2D eigenvalue weighted by Crippen LogP contribution is 2.41. The Morgan fingerprint density at radius 1 is 0.750 bits per heavy atom. The molecule has 0 spiro atoms. The number of rotatable bonds is 4. The molecule has 0 unspecified atom stereocenters. The molecule has 0 fully saturated rings. The zero-order valence-corrected chi connectivity index (χ0v) is 15.6. The van der Waals surface area contributed by atoms with Gasteiger partial charge in [-0.2, -0.15) is 0 Å². The zero-order valence-electron chi connectivity index (χ0n) is 14.8. The van der Waals surface area contributed by atoms with E-state index in [2.05, 4.69) is 0 Å². The summed E-state index contributed by atoms with van der Waals surface area (Å²) in [7, 11) is -3.63. The Balaban J connectivity index is 1.38. The summed E-state index contributed by atoms with van der Waals surface area (Å²) >= 11 is 0. The van der Waals surface area contributed by atoms with Gasteiger partial charge in [-0.15, -0.1) is 0 Å². The number of fused-ring (bicyclic) bond motifs is 1. The Labute approximate surface area is 162 Å². The van der Waals surface area contributed by atoms with E-state index in [4.69, 9.17) is 0 Å². The van der Waals surface area contributed by atoms with Crippen molar-refractivity contribution in [3.05, 3.63) is 71.8 Å². The summed E-state index contributed by atoms with van der Waals surface area (Å²) in [5, 5.41) is 1.60. The van der Waals surface area contributed by atoms with Gasteiger partial charge in [0, 0.05) is 18.5 Å². The lowest BCUT2D eigenvalue weighted by Gasteiger charge is -2.20. The minimum atomic E-state index is -3.63. The molecule has 0 N–H and O–H groups in total. The van der Waals surface area contributed by atoms with Crippen LogP contribution in [-0.4, -0.2) is 38.2 Å². The Morgan fingerprint density at radius 2 is 1.39 bits per heavy atom. The molecule has 5 rings (SSSR count). The molecule has 3 aromatic rings. The predicted octanol–water partition coefficient (Wildman–Crippen LogP) is 3.03. The first-order valence-electron chi connectivity index (χ1n) is 9.00. The van der Waals surface area contributed by atoms with E-state index >= 15 is 0 Å². The van der Waals surface area contributed by atoms with Gasteiger partial charge in [-0.05, 0) is 36.1 Å². The number of imide groups is 1. The summed E-state index contributed by atoms with van der Waals surface area (Å²) in [6, 6.07) is 17.5. The minimum absolute atomic E-state index is 0.171. The fraction of sp³-hybridized carbons (Fsp3) is 0.143. The molecular weight excluding hydrogens is 376 g/mol. The van der Waals surface area contributed by atoms with Crippen molar-refractivity contribution in [2.45, 2.75) is 11.3 Å². The topological polar surface area (TPSA) is 74.8 Å². The number of nitrogens with zero attached hydrogens (tertiary/aromatic N) is 2. The SMILES string of the molecule is O=C1c2ccccc2C(=O)N1CCCN1c2cccc3cccc(c23)S1(=O)=O. The molecule has 28 heavy (non-hydrogen) atoms. The molecule has 2 aliphatic rings. The van der Waals surface area contributed by atoms with Gasteiger partial charge in [-0.25, -0.2) is 8.42 Å². The van der Waals surface area contributed by atoms with E-state index in [9.17, 15) is 18.0 Å². The molecule has 2 heterocycles. The van der Waals surface area contributed by atoms with Crippen molar-refractivity contribution in [3.8, 4) is 0 Å². The summed E-state index contributed by atoms with van der Waals surface area (Å²) < 4.78 is 27.3. The van der Waals surface area contributed by atoms with Gasteiger partial charge in [0.1, 0.15) is 0 Å². The Bertz CT molecular complexity index is 1230. The van der Waals surface area contributed by atoms with Gasteiger partial charge in [-0.3, -0.25) is 18.8 Å². The van der Waals surface area contributed by atoms with Crippen LogP contribution in [0.15, 0.2) is 65.6 Å². The van der Waals surface area contributed by atoms with Crippen LogP contribution in [0, 0.1) is 0 Å². The van der Waals surface area contributed by atoms with Crippen LogP contribution in [0.3, 0.4) is 0 Å². The third-order valence-electron chi connectivity index (χ3n) is 5.30. The number of benzene rings is 3. The first-order valence-corrected chi connectivity index (χ1v) is 10.4. The minimum Gasteiger partial charge on any atom is -0.274 e.